The van der Waals surface area contributed by atoms with Gasteiger partial charge in [-0.1, -0.05) is 44.2 Å². The summed E-state index contributed by atoms with van der Waals surface area (Å²) in [6.45, 7) is 3.82. The van der Waals surface area contributed by atoms with Crippen LogP contribution < -0.4 is 0 Å². The van der Waals surface area contributed by atoms with Gasteiger partial charge in [-0.05, 0) is 0 Å². The van der Waals surface area contributed by atoms with Crippen LogP contribution in [-0.2, 0) is 10.2 Å². The van der Waals surface area contributed by atoms with Crippen LogP contribution in [0.2, 0.25) is 0 Å². The summed E-state index contributed by atoms with van der Waals surface area (Å²) in [7, 11) is 0. The Hall–Kier alpha value is -1.68. The molecule has 0 spiro atoms. The van der Waals surface area contributed by atoms with Crippen molar-refractivity contribution in [1.82, 2.24) is 4.98 Å². The highest BCUT2D eigenvalue weighted by Crippen LogP contribution is 2.32. The van der Waals surface area contributed by atoms with E-state index in [1.54, 1.807) is 0 Å². The Morgan fingerprint density at radius 3 is 2.61 bits per heavy atom. The molecule has 94 valence electrons. The van der Waals surface area contributed by atoms with Gasteiger partial charge < -0.3 is 5.11 Å². The number of nitrogens with zero attached hydrogens (tertiary/aromatic N) is 1. The maximum Gasteiger partial charge on any atom is 0.304 e. The lowest BCUT2D eigenvalue weighted by Crippen LogP contribution is -2.21. The minimum Gasteiger partial charge on any atom is -0.481 e. The molecule has 2 rings (SSSR count). The molecule has 0 atom stereocenters. The molecule has 1 aromatic heterocycles. The molecule has 0 aliphatic rings. The first-order valence-electron chi connectivity index (χ1n) is 5.72. The molecule has 4 heteroatoms. The number of thiazole rings is 1. The molecule has 1 heterocycles. The fourth-order valence-corrected chi connectivity index (χ4v) is 2.73. The predicted molar refractivity (Wildman–Crippen MR) is 72.8 cm³/mol. The van der Waals surface area contributed by atoms with E-state index in [1.807, 2.05) is 49.6 Å². The Kier molecular flexibility index (Phi) is 3.48. The van der Waals surface area contributed by atoms with Gasteiger partial charge in [0.1, 0.15) is 0 Å². The Balaban J connectivity index is 2.28. The Bertz CT molecular complexity index is 546. The normalized spacial score (nSPS) is 11.4. The quantitative estimate of drug-likeness (QED) is 0.915. The molecule has 0 aliphatic heterocycles. The first-order chi connectivity index (χ1) is 8.49. The zero-order valence-corrected chi connectivity index (χ0v) is 11.2. The third kappa shape index (κ3) is 2.76. The molecule has 0 amide bonds. The average Bonchev–Trinajstić information content (AvgIpc) is 2.78. The summed E-state index contributed by atoms with van der Waals surface area (Å²) in [5.74, 6) is -0.795. The minimum atomic E-state index is -0.795. The molecular weight excluding hydrogens is 246 g/mol. The van der Waals surface area contributed by atoms with Crippen molar-refractivity contribution in [2.24, 2.45) is 0 Å². The van der Waals surface area contributed by atoms with Crippen LogP contribution in [0.1, 0.15) is 25.3 Å². The average molecular weight is 261 g/mol. The first-order valence-corrected chi connectivity index (χ1v) is 6.60. The van der Waals surface area contributed by atoms with Gasteiger partial charge in [0, 0.05) is 16.4 Å². The maximum absolute atomic E-state index is 10.8. The molecule has 0 unspecified atom stereocenters. The number of rotatable bonds is 4. The van der Waals surface area contributed by atoms with Gasteiger partial charge in [0.05, 0.1) is 17.1 Å². The van der Waals surface area contributed by atoms with Gasteiger partial charge in [0.2, 0.25) is 0 Å². The molecule has 0 saturated carbocycles. The van der Waals surface area contributed by atoms with E-state index in [0.29, 0.717) is 0 Å². The minimum absolute atomic E-state index is 0.0920. The second kappa shape index (κ2) is 4.90. The number of hydrogen-bond acceptors (Lipinski definition) is 3. The number of benzene rings is 1. The topological polar surface area (TPSA) is 50.2 Å². The van der Waals surface area contributed by atoms with E-state index in [9.17, 15) is 4.79 Å². The third-order valence-electron chi connectivity index (χ3n) is 2.75. The molecule has 0 fully saturated rings. The number of carboxylic acid groups (broad SMARTS) is 1. The largest absolute Gasteiger partial charge is 0.481 e. The van der Waals surface area contributed by atoms with Crippen LogP contribution in [0.4, 0.5) is 0 Å². The Morgan fingerprint density at radius 1 is 1.33 bits per heavy atom. The third-order valence-corrected chi connectivity index (χ3v) is 3.95. The van der Waals surface area contributed by atoms with E-state index in [4.69, 9.17) is 5.11 Å². The fraction of sp³-hybridized carbons (Fsp3) is 0.286. The SMILES string of the molecule is CC(C)(CC(=O)O)c1nc(-c2ccccc2)cs1. The van der Waals surface area contributed by atoms with Crippen LogP contribution in [0, 0.1) is 0 Å². The van der Waals surface area contributed by atoms with Gasteiger partial charge in [0.25, 0.3) is 0 Å². The summed E-state index contributed by atoms with van der Waals surface area (Å²) in [6, 6.07) is 9.91. The van der Waals surface area contributed by atoms with Gasteiger partial charge >= 0.3 is 5.97 Å². The molecule has 0 saturated heterocycles. The smallest absolute Gasteiger partial charge is 0.304 e. The first kappa shape index (κ1) is 12.8. The van der Waals surface area contributed by atoms with Crippen LogP contribution in [-0.4, -0.2) is 16.1 Å². The Morgan fingerprint density at radius 2 is 2.00 bits per heavy atom. The van der Waals surface area contributed by atoms with Crippen molar-refractivity contribution < 1.29 is 9.90 Å². The summed E-state index contributed by atoms with van der Waals surface area (Å²) >= 11 is 1.52. The molecular formula is C14H15NO2S. The molecule has 2 aromatic rings. The fourth-order valence-electron chi connectivity index (χ4n) is 1.78. The zero-order valence-electron chi connectivity index (χ0n) is 10.4. The van der Waals surface area contributed by atoms with E-state index in [-0.39, 0.29) is 6.42 Å². The Labute approximate surface area is 110 Å². The van der Waals surface area contributed by atoms with Crippen molar-refractivity contribution in [3.8, 4) is 11.3 Å². The number of carbonyl (C=O) groups is 1. The molecule has 0 bridgehead atoms. The second-order valence-electron chi connectivity index (χ2n) is 4.86. The van der Waals surface area contributed by atoms with E-state index in [1.165, 1.54) is 11.3 Å². The lowest BCUT2D eigenvalue weighted by atomic mass is 9.90. The van der Waals surface area contributed by atoms with Crippen molar-refractivity contribution in [1.29, 1.82) is 0 Å². The second-order valence-corrected chi connectivity index (χ2v) is 5.72. The van der Waals surface area contributed by atoms with Gasteiger partial charge in [-0.25, -0.2) is 4.98 Å². The highest BCUT2D eigenvalue weighted by molar-refractivity contribution is 7.10. The maximum atomic E-state index is 10.8. The van der Waals surface area contributed by atoms with Gasteiger partial charge in [0.15, 0.2) is 0 Å². The highest BCUT2D eigenvalue weighted by atomic mass is 32.1. The highest BCUT2D eigenvalue weighted by Gasteiger charge is 2.27. The summed E-state index contributed by atoms with van der Waals surface area (Å²) in [6.07, 6.45) is 0.0920. The summed E-state index contributed by atoms with van der Waals surface area (Å²) < 4.78 is 0. The zero-order chi connectivity index (χ0) is 13.2. The number of hydrogen-bond donors (Lipinski definition) is 1. The molecule has 0 aliphatic carbocycles. The van der Waals surface area contributed by atoms with Crippen LogP contribution in [0.25, 0.3) is 11.3 Å². The summed E-state index contributed by atoms with van der Waals surface area (Å²) in [4.78, 5) is 15.4. The summed E-state index contributed by atoms with van der Waals surface area (Å²) in [5, 5.41) is 11.8. The standard InChI is InChI=1S/C14H15NO2S/c1-14(2,8-12(16)17)13-15-11(9-18-13)10-6-4-3-5-7-10/h3-7,9H,8H2,1-2H3,(H,16,17). The van der Waals surface area contributed by atoms with Gasteiger partial charge in [-0.2, -0.15) is 0 Å². The lowest BCUT2D eigenvalue weighted by Gasteiger charge is -2.18. The number of aromatic nitrogens is 1. The van der Waals surface area contributed by atoms with Gasteiger partial charge in [-0.3, -0.25) is 4.79 Å². The molecule has 1 N–H and O–H groups in total. The van der Waals surface area contributed by atoms with Crippen molar-refractivity contribution >= 4 is 17.3 Å². The molecule has 18 heavy (non-hydrogen) atoms. The van der Waals surface area contributed by atoms with Crippen LogP contribution >= 0.6 is 11.3 Å². The van der Waals surface area contributed by atoms with E-state index in [2.05, 4.69) is 4.98 Å². The van der Waals surface area contributed by atoms with Crippen LogP contribution in [0.3, 0.4) is 0 Å². The summed E-state index contributed by atoms with van der Waals surface area (Å²) in [5.41, 5.74) is 1.55. The number of carboxylic acids is 1. The predicted octanol–water partition coefficient (Wildman–Crippen LogP) is 3.56. The molecule has 1 aromatic carbocycles. The van der Waals surface area contributed by atoms with Crippen LogP contribution in [0.5, 0.6) is 0 Å². The van der Waals surface area contributed by atoms with Crippen molar-refractivity contribution in [2.75, 3.05) is 0 Å². The van der Waals surface area contributed by atoms with Crippen molar-refractivity contribution in [2.45, 2.75) is 25.7 Å². The van der Waals surface area contributed by atoms with Crippen molar-refractivity contribution in [3.63, 3.8) is 0 Å². The van der Waals surface area contributed by atoms with Gasteiger partial charge in [-0.15, -0.1) is 11.3 Å². The molecule has 3 nitrogen and oxygen atoms in total. The lowest BCUT2D eigenvalue weighted by molar-refractivity contribution is -0.138. The van der Waals surface area contributed by atoms with E-state index >= 15 is 0 Å². The van der Waals surface area contributed by atoms with E-state index in [0.717, 1.165) is 16.3 Å². The van der Waals surface area contributed by atoms with Crippen LogP contribution in [0.15, 0.2) is 35.7 Å². The van der Waals surface area contributed by atoms with E-state index < -0.39 is 11.4 Å². The van der Waals surface area contributed by atoms with Crippen molar-refractivity contribution in [3.05, 3.63) is 40.7 Å². The molecule has 0 radical (unpaired) electrons. The number of aliphatic carboxylic acids is 1. The monoisotopic (exact) mass is 261 g/mol.